The first-order chi connectivity index (χ1) is 7.13. The molecule has 1 aromatic carbocycles. The van der Waals surface area contributed by atoms with Crippen molar-refractivity contribution in [3.8, 4) is 5.75 Å². The molecular formula is C12H16O3. The molecule has 1 unspecified atom stereocenters. The van der Waals surface area contributed by atoms with E-state index in [1.807, 2.05) is 31.2 Å². The van der Waals surface area contributed by atoms with Crippen molar-refractivity contribution < 1.29 is 14.6 Å². The fourth-order valence-electron chi connectivity index (χ4n) is 1.62. The van der Waals surface area contributed by atoms with E-state index in [4.69, 9.17) is 9.84 Å². The molecule has 3 heteroatoms. The van der Waals surface area contributed by atoms with Gasteiger partial charge in [-0.3, -0.25) is 4.79 Å². The largest absolute Gasteiger partial charge is 0.496 e. The first-order valence-corrected chi connectivity index (χ1v) is 4.97. The Bertz CT molecular complexity index is 333. The Labute approximate surface area is 89.7 Å². The molecule has 1 N–H and O–H groups in total. The zero-order chi connectivity index (χ0) is 11.3. The average molecular weight is 208 g/mol. The Morgan fingerprint density at radius 2 is 2.13 bits per heavy atom. The Hall–Kier alpha value is -1.51. The molecule has 0 aromatic heterocycles. The fourth-order valence-corrected chi connectivity index (χ4v) is 1.62. The Balaban J connectivity index is 2.67. The molecule has 0 heterocycles. The lowest BCUT2D eigenvalue weighted by Crippen LogP contribution is -2.07. The van der Waals surface area contributed by atoms with Crippen LogP contribution in [0, 0.1) is 5.92 Å². The summed E-state index contributed by atoms with van der Waals surface area (Å²) in [4.78, 5) is 10.5. The fraction of sp³-hybridized carbons (Fsp3) is 0.417. The molecule has 0 spiro atoms. The molecule has 3 nitrogen and oxygen atoms in total. The van der Waals surface area contributed by atoms with E-state index in [1.165, 1.54) is 0 Å². The number of hydrogen-bond acceptors (Lipinski definition) is 2. The molecule has 1 rings (SSSR count). The minimum atomic E-state index is -0.752. The highest BCUT2D eigenvalue weighted by atomic mass is 16.5. The highest BCUT2D eigenvalue weighted by Crippen LogP contribution is 2.21. The Kier molecular flexibility index (Phi) is 4.16. The van der Waals surface area contributed by atoms with Crippen molar-refractivity contribution in [2.45, 2.75) is 19.8 Å². The van der Waals surface area contributed by atoms with Gasteiger partial charge in [0.05, 0.1) is 7.11 Å². The van der Waals surface area contributed by atoms with Gasteiger partial charge in [-0.1, -0.05) is 25.1 Å². The molecule has 82 valence electrons. The quantitative estimate of drug-likeness (QED) is 0.807. The molecule has 1 aromatic rings. The second-order valence-corrected chi connectivity index (χ2v) is 3.72. The second-order valence-electron chi connectivity index (χ2n) is 3.72. The lowest BCUT2D eigenvalue weighted by atomic mass is 9.97. The minimum Gasteiger partial charge on any atom is -0.496 e. The maximum Gasteiger partial charge on any atom is 0.303 e. The second kappa shape index (κ2) is 5.39. The van der Waals surface area contributed by atoms with Gasteiger partial charge in [0, 0.05) is 6.42 Å². The van der Waals surface area contributed by atoms with Gasteiger partial charge >= 0.3 is 5.97 Å². The van der Waals surface area contributed by atoms with E-state index in [2.05, 4.69) is 0 Å². The maximum absolute atomic E-state index is 10.5. The normalized spacial score (nSPS) is 12.1. The van der Waals surface area contributed by atoms with Gasteiger partial charge in [-0.15, -0.1) is 0 Å². The van der Waals surface area contributed by atoms with Gasteiger partial charge < -0.3 is 9.84 Å². The highest BCUT2D eigenvalue weighted by Gasteiger charge is 2.10. The molecule has 1 atom stereocenters. The third-order valence-electron chi connectivity index (χ3n) is 2.28. The van der Waals surface area contributed by atoms with E-state index in [1.54, 1.807) is 7.11 Å². The van der Waals surface area contributed by atoms with E-state index in [-0.39, 0.29) is 12.3 Å². The van der Waals surface area contributed by atoms with Gasteiger partial charge in [0.1, 0.15) is 5.75 Å². The number of carboxylic acid groups (broad SMARTS) is 1. The lowest BCUT2D eigenvalue weighted by molar-refractivity contribution is -0.137. The van der Waals surface area contributed by atoms with Crippen molar-refractivity contribution >= 4 is 5.97 Å². The Morgan fingerprint density at radius 3 is 2.73 bits per heavy atom. The molecule has 0 bridgehead atoms. The van der Waals surface area contributed by atoms with Crippen LogP contribution in [0.25, 0.3) is 0 Å². The molecule has 0 amide bonds. The Morgan fingerprint density at radius 1 is 1.47 bits per heavy atom. The number of aliphatic carboxylic acids is 1. The number of rotatable bonds is 5. The molecule has 0 radical (unpaired) electrons. The van der Waals surface area contributed by atoms with Crippen LogP contribution in [0.3, 0.4) is 0 Å². The standard InChI is InChI=1S/C12H16O3/c1-9(8-12(13)14)7-10-5-3-4-6-11(10)15-2/h3-6,9H,7-8H2,1-2H3,(H,13,14). The van der Waals surface area contributed by atoms with E-state index >= 15 is 0 Å². The van der Waals surface area contributed by atoms with Crippen molar-refractivity contribution in [3.05, 3.63) is 29.8 Å². The van der Waals surface area contributed by atoms with Crippen LogP contribution in [0.15, 0.2) is 24.3 Å². The predicted octanol–water partition coefficient (Wildman–Crippen LogP) is 2.35. The van der Waals surface area contributed by atoms with Crippen molar-refractivity contribution in [2.24, 2.45) is 5.92 Å². The molecule has 0 saturated carbocycles. The summed E-state index contributed by atoms with van der Waals surface area (Å²) in [6, 6.07) is 7.70. The lowest BCUT2D eigenvalue weighted by Gasteiger charge is -2.11. The zero-order valence-electron chi connectivity index (χ0n) is 9.06. The molecule has 0 aliphatic carbocycles. The van der Waals surface area contributed by atoms with E-state index in [0.29, 0.717) is 0 Å². The summed E-state index contributed by atoms with van der Waals surface area (Å²) >= 11 is 0. The van der Waals surface area contributed by atoms with E-state index < -0.39 is 5.97 Å². The van der Waals surface area contributed by atoms with Gasteiger partial charge in [0.25, 0.3) is 0 Å². The van der Waals surface area contributed by atoms with Gasteiger partial charge in [0.2, 0.25) is 0 Å². The monoisotopic (exact) mass is 208 g/mol. The van der Waals surface area contributed by atoms with Crippen molar-refractivity contribution in [1.82, 2.24) is 0 Å². The van der Waals surface area contributed by atoms with Crippen LogP contribution in [0.1, 0.15) is 18.9 Å². The maximum atomic E-state index is 10.5. The van der Waals surface area contributed by atoms with Crippen molar-refractivity contribution in [2.75, 3.05) is 7.11 Å². The highest BCUT2D eigenvalue weighted by molar-refractivity contribution is 5.67. The smallest absolute Gasteiger partial charge is 0.303 e. The van der Waals surface area contributed by atoms with Gasteiger partial charge in [-0.2, -0.15) is 0 Å². The zero-order valence-corrected chi connectivity index (χ0v) is 9.06. The van der Waals surface area contributed by atoms with Crippen LogP contribution in [-0.4, -0.2) is 18.2 Å². The van der Waals surface area contributed by atoms with E-state index in [0.717, 1.165) is 17.7 Å². The third-order valence-corrected chi connectivity index (χ3v) is 2.28. The summed E-state index contributed by atoms with van der Waals surface area (Å²) in [7, 11) is 1.63. The molecule has 0 aliphatic heterocycles. The summed E-state index contributed by atoms with van der Waals surface area (Å²) in [5.41, 5.74) is 1.06. The molecular weight excluding hydrogens is 192 g/mol. The van der Waals surface area contributed by atoms with Crippen LogP contribution in [0.4, 0.5) is 0 Å². The van der Waals surface area contributed by atoms with Crippen LogP contribution in [0.5, 0.6) is 5.75 Å². The van der Waals surface area contributed by atoms with Crippen LogP contribution >= 0.6 is 0 Å². The van der Waals surface area contributed by atoms with Crippen molar-refractivity contribution in [1.29, 1.82) is 0 Å². The third kappa shape index (κ3) is 3.62. The molecule has 0 saturated heterocycles. The first-order valence-electron chi connectivity index (χ1n) is 4.97. The number of carbonyl (C=O) groups is 1. The number of methoxy groups -OCH3 is 1. The van der Waals surface area contributed by atoms with E-state index in [9.17, 15) is 4.79 Å². The van der Waals surface area contributed by atoms with Crippen LogP contribution < -0.4 is 4.74 Å². The number of benzene rings is 1. The van der Waals surface area contributed by atoms with Gasteiger partial charge in [0.15, 0.2) is 0 Å². The summed E-state index contributed by atoms with van der Waals surface area (Å²) in [6.45, 7) is 1.93. The topological polar surface area (TPSA) is 46.5 Å². The summed E-state index contributed by atoms with van der Waals surface area (Å²) in [5.74, 6) is 0.200. The average Bonchev–Trinajstić information content (AvgIpc) is 2.17. The summed E-state index contributed by atoms with van der Waals surface area (Å²) < 4.78 is 5.20. The van der Waals surface area contributed by atoms with Gasteiger partial charge in [-0.05, 0) is 24.0 Å². The molecule has 15 heavy (non-hydrogen) atoms. The van der Waals surface area contributed by atoms with Crippen LogP contribution in [0.2, 0.25) is 0 Å². The number of ether oxygens (including phenoxy) is 1. The van der Waals surface area contributed by atoms with Crippen molar-refractivity contribution in [3.63, 3.8) is 0 Å². The predicted molar refractivity (Wildman–Crippen MR) is 58.1 cm³/mol. The molecule has 0 aliphatic rings. The SMILES string of the molecule is COc1ccccc1CC(C)CC(=O)O. The summed E-state index contributed by atoms with van der Waals surface area (Å²) in [6.07, 6.45) is 0.925. The van der Waals surface area contributed by atoms with Gasteiger partial charge in [-0.25, -0.2) is 0 Å². The number of hydrogen-bond donors (Lipinski definition) is 1. The van der Waals surface area contributed by atoms with Crippen LogP contribution in [-0.2, 0) is 11.2 Å². The number of carboxylic acids is 1. The first kappa shape index (κ1) is 11.6. The summed E-state index contributed by atoms with van der Waals surface area (Å²) in [5, 5.41) is 8.66. The number of para-hydroxylation sites is 1. The molecule has 0 fully saturated rings. The minimum absolute atomic E-state index is 0.124.